The van der Waals surface area contributed by atoms with Gasteiger partial charge in [-0.3, -0.25) is 15.0 Å². The van der Waals surface area contributed by atoms with Gasteiger partial charge in [0, 0.05) is 48.9 Å². The van der Waals surface area contributed by atoms with E-state index in [2.05, 4.69) is 10.1 Å². The fourth-order valence-corrected chi connectivity index (χ4v) is 5.27. The predicted molar refractivity (Wildman–Crippen MR) is 117 cm³/mol. The van der Waals surface area contributed by atoms with Crippen molar-refractivity contribution < 1.29 is 17.9 Å². The summed E-state index contributed by atoms with van der Waals surface area (Å²) in [6.45, 7) is 3.45. The molecule has 0 bridgehead atoms. The summed E-state index contributed by atoms with van der Waals surface area (Å²) in [6.07, 6.45) is 0. The Bertz CT molecular complexity index is 1240. The molecule has 2 heterocycles. The molecule has 1 aromatic heterocycles. The number of nitrogens with zero attached hydrogens (tertiary/aromatic N) is 5. The first-order chi connectivity index (χ1) is 15.2. The molecule has 10 nitrogen and oxygen atoms in total. The predicted octanol–water partition coefficient (Wildman–Crippen LogP) is 3.11. The molecule has 0 saturated carbocycles. The third kappa shape index (κ3) is 4.65. The van der Waals surface area contributed by atoms with E-state index in [1.807, 2.05) is 4.90 Å². The third-order valence-corrected chi connectivity index (χ3v) is 7.55. The summed E-state index contributed by atoms with van der Waals surface area (Å²) < 4.78 is 32.8. The zero-order chi connectivity index (χ0) is 22.9. The van der Waals surface area contributed by atoms with Gasteiger partial charge in [-0.1, -0.05) is 22.8 Å². The number of non-ortho nitro benzene ring substituents is 1. The lowest BCUT2D eigenvalue weighted by Gasteiger charge is -2.33. The van der Waals surface area contributed by atoms with Crippen LogP contribution in [-0.4, -0.2) is 58.9 Å². The molecular weight excluding hydrogens is 458 g/mol. The Morgan fingerprint density at radius 3 is 2.47 bits per heavy atom. The van der Waals surface area contributed by atoms with Crippen molar-refractivity contribution in [2.75, 3.05) is 26.2 Å². The largest absolute Gasteiger partial charge is 0.338 e. The number of nitro benzene ring substituents is 1. The van der Waals surface area contributed by atoms with E-state index in [-0.39, 0.29) is 23.7 Å². The standard InChI is InChI=1S/C20H20ClN5O5S/c1-14-2-7-17(26(27)28)12-18(14)32(29,30)25-10-8-24(9-11-25)13-19-22-20(23-31-19)15-3-5-16(21)6-4-15/h2-7,12H,8-11,13H2,1H3. The molecule has 168 valence electrons. The lowest BCUT2D eigenvalue weighted by Crippen LogP contribution is -2.48. The number of nitro groups is 1. The maximum atomic E-state index is 13.1. The smallest absolute Gasteiger partial charge is 0.270 e. The zero-order valence-electron chi connectivity index (χ0n) is 17.1. The van der Waals surface area contributed by atoms with Crippen LogP contribution >= 0.6 is 11.6 Å². The number of benzene rings is 2. The van der Waals surface area contributed by atoms with Crippen LogP contribution in [0.5, 0.6) is 0 Å². The van der Waals surface area contributed by atoms with E-state index < -0.39 is 14.9 Å². The van der Waals surface area contributed by atoms with Crippen LogP contribution in [-0.2, 0) is 16.6 Å². The van der Waals surface area contributed by atoms with Crippen molar-refractivity contribution in [1.82, 2.24) is 19.3 Å². The topological polar surface area (TPSA) is 123 Å². The molecule has 12 heteroatoms. The van der Waals surface area contributed by atoms with Gasteiger partial charge in [-0.2, -0.15) is 9.29 Å². The van der Waals surface area contributed by atoms with Gasteiger partial charge in [0.05, 0.1) is 16.4 Å². The van der Waals surface area contributed by atoms with E-state index >= 15 is 0 Å². The Morgan fingerprint density at radius 2 is 1.81 bits per heavy atom. The average Bonchev–Trinajstić information content (AvgIpc) is 3.23. The first-order valence-corrected chi connectivity index (χ1v) is 11.6. The molecule has 0 amide bonds. The van der Waals surface area contributed by atoms with Crippen molar-refractivity contribution in [3.8, 4) is 11.4 Å². The van der Waals surface area contributed by atoms with Crippen LogP contribution in [0.25, 0.3) is 11.4 Å². The molecule has 0 spiro atoms. The van der Waals surface area contributed by atoms with Gasteiger partial charge in [0.1, 0.15) is 0 Å². The van der Waals surface area contributed by atoms with E-state index in [1.165, 1.54) is 16.4 Å². The van der Waals surface area contributed by atoms with Crippen molar-refractivity contribution in [2.45, 2.75) is 18.4 Å². The molecule has 0 atom stereocenters. The minimum atomic E-state index is -3.84. The minimum absolute atomic E-state index is 0.0374. The monoisotopic (exact) mass is 477 g/mol. The van der Waals surface area contributed by atoms with Gasteiger partial charge in [0.15, 0.2) is 0 Å². The van der Waals surface area contributed by atoms with Gasteiger partial charge >= 0.3 is 0 Å². The number of sulfonamides is 1. The lowest BCUT2D eigenvalue weighted by atomic mass is 10.2. The summed E-state index contributed by atoms with van der Waals surface area (Å²) in [7, 11) is -3.84. The Labute approximate surface area is 189 Å². The molecule has 1 aliphatic heterocycles. The molecule has 0 unspecified atom stereocenters. The quantitative estimate of drug-likeness (QED) is 0.392. The number of halogens is 1. The number of piperazine rings is 1. The highest BCUT2D eigenvalue weighted by atomic mass is 35.5. The molecule has 1 saturated heterocycles. The van der Waals surface area contributed by atoms with Crippen LogP contribution in [0.1, 0.15) is 11.5 Å². The number of aryl methyl sites for hydroxylation is 1. The highest BCUT2D eigenvalue weighted by molar-refractivity contribution is 7.89. The normalized spacial score (nSPS) is 15.7. The summed E-state index contributed by atoms with van der Waals surface area (Å²) in [6, 6.07) is 11.0. The highest BCUT2D eigenvalue weighted by Crippen LogP contribution is 2.26. The Balaban J connectivity index is 1.41. The van der Waals surface area contributed by atoms with Gasteiger partial charge in [-0.25, -0.2) is 8.42 Å². The van der Waals surface area contributed by atoms with Crippen molar-refractivity contribution in [2.24, 2.45) is 0 Å². The Hall–Kier alpha value is -2.86. The molecule has 0 radical (unpaired) electrons. The second kappa shape index (κ2) is 8.94. The van der Waals surface area contributed by atoms with Gasteiger partial charge in [0.25, 0.3) is 5.69 Å². The molecule has 1 fully saturated rings. The van der Waals surface area contributed by atoms with Crippen molar-refractivity contribution in [3.63, 3.8) is 0 Å². The summed E-state index contributed by atoms with van der Waals surface area (Å²) in [4.78, 5) is 16.8. The molecule has 0 N–H and O–H groups in total. The number of aromatic nitrogens is 2. The van der Waals surface area contributed by atoms with Crippen LogP contribution in [0.4, 0.5) is 5.69 Å². The first-order valence-electron chi connectivity index (χ1n) is 9.80. The molecule has 2 aromatic carbocycles. The van der Waals surface area contributed by atoms with Crippen LogP contribution in [0.15, 0.2) is 51.9 Å². The lowest BCUT2D eigenvalue weighted by molar-refractivity contribution is -0.385. The maximum absolute atomic E-state index is 13.1. The zero-order valence-corrected chi connectivity index (χ0v) is 18.7. The third-order valence-electron chi connectivity index (χ3n) is 5.26. The van der Waals surface area contributed by atoms with Crippen LogP contribution in [0, 0.1) is 17.0 Å². The number of rotatable bonds is 6. The summed E-state index contributed by atoms with van der Waals surface area (Å²) in [5.74, 6) is 0.889. The van der Waals surface area contributed by atoms with Gasteiger partial charge < -0.3 is 4.52 Å². The fourth-order valence-electron chi connectivity index (χ4n) is 3.47. The van der Waals surface area contributed by atoms with Crippen LogP contribution < -0.4 is 0 Å². The Morgan fingerprint density at radius 1 is 1.12 bits per heavy atom. The van der Waals surface area contributed by atoms with Crippen LogP contribution in [0.2, 0.25) is 5.02 Å². The highest BCUT2D eigenvalue weighted by Gasteiger charge is 2.31. The summed E-state index contributed by atoms with van der Waals surface area (Å²) in [5, 5.41) is 15.7. The van der Waals surface area contributed by atoms with E-state index in [0.717, 1.165) is 11.6 Å². The van der Waals surface area contributed by atoms with Crippen molar-refractivity contribution in [1.29, 1.82) is 0 Å². The summed E-state index contributed by atoms with van der Waals surface area (Å²) >= 11 is 5.90. The van der Waals surface area contributed by atoms with E-state index in [4.69, 9.17) is 16.1 Å². The van der Waals surface area contributed by atoms with Gasteiger partial charge in [0.2, 0.25) is 21.7 Å². The number of hydrogen-bond acceptors (Lipinski definition) is 8. The average molecular weight is 478 g/mol. The maximum Gasteiger partial charge on any atom is 0.270 e. The molecule has 3 aromatic rings. The summed E-state index contributed by atoms with van der Waals surface area (Å²) in [5.41, 5.74) is 1.01. The van der Waals surface area contributed by atoms with Crippen LogP contribution in [0.3, 0.4) is 0 Å². The van der Waals surface area contributed by atoms with E-state index in [0.29, 0.717) is 41.9 Å². The molecule has 32 heavy (non-hydrogen) atoms. The molecule has 1 aliphatic rings. The van der Waals surface area contributed by atoms with Crippen molar-refractivity contribution in [3.05, 3.63) is 69.1 Å². The molecular formula is C20H20ClN5O5S. The minimum Gasteiger partial charge on any atom is -0.338 e. The SMILES string of the molecule is Cc1ccc([N+](=O)[O-])cc1S(=O)(=O)N1CCN(Cc2nc(-c3ccc(Cl)cc3)no2)CC1. The van der Waals surface area contributed by atoms with E-state index in [9.17, 15) is 18.5 Å². The Kier molecular flexibility index (Phi) is 6.24. The number of hydrogen-bond donors (Lipinski definition) is 0. The second-order valence-electron chi connectivity index (χ2n) is 7.41. The molecule has 0 aliphatic carbocycles. The molecule has 4 rings (SSSR count). The van der Waals surface area contributed by atoms with Crippen molar-refractivity contribution >= 4 is 27.3 Å². The van der Waals surface area contributed by atoms with Gasteiger partial charge in [-0.05, 0) is 36.8 Å². The van der Waals surface area contributed by atoms with E-state index in [1.54, 1.807) is 31.2 Å². The van der Waals surface area contributed by atoms with Gasteiger partial charge in [-0.15, -0.1) is 0 Å². The second-order valence-corrected chi connectivity index (χ2v) is 9.75. The first kappa shape index (κ1) is 22.3. The fraction of sp³-hybridized carbons (Fsp3) is 0.300.